The van der Waals surface area contributed by atoms with Crippen molar-refractivity contribution in [3.63, 3.8) is 0 Å². The molecule has 10 nitrogen and oxygen atoms in total. The maximum Gasteiger partial charge on any atom is 0.488 e. The molecule has 1 aromatic heterocycles. The van der Waals surface area contributed by atoms with Crippen LogP contribution in [0, 0.1) is 17.8 Å². The van der Waals surface area contributed by atoms with Gasteiger partial charge in [0.25, 0.3) is 0 Å². The molecule has 230 valence electrons. The van der Waals surface area contributed by atoms with E-state index >= 15 is 0 Å². The molecule has 1 aliphatic carbocycles. The summed E-state index contributed by atoms with van der Waals surface area (Å²) in [5.41, 5.74) is 3.84. The number of imide groups is 1. The molecule has 0 unspecified atom stereocenters. The molecule has 3 heterocycles. The van der Waals surface area contributed by atoms with Gasteiger partial charge < -0.3 is 29.9 Å². The van der Waals surface area contributed by atoms with Gasteiger partial charge in [0.15, 0.2) is 0 Å². The Labute approximate surface area is 269 Å². The Bertz CT molecular complexity index is 1680. The smallest absolute Gasteiger partial charge is 0.488 e. The summed E-state index contributed by atoms with van der Waals surface area (Å²) in [5.74, 6) is -2.79. The average Bonchev–Trinajstić information content (AvgIpc) is 3.29. The van der Waals surface area contributed by atoms with Crippen LogP contribution in [0.3, 0.4) is 0 Å². The molecular formula is C32H31B2BrN2O8. The van der Waals surface area contributed by atoms with Gasteiger partial charge in [0.05, 0.1) is 35.9 Å². The van der Waals surface area contributed by atoms with E-state index in [1.54, 1.807) is 36.5 Å². The van der Waals surface area contributed by atoms with Gasteiger partial charge in [0.1, 0.15) is 5.75 Å². The molecule has 13 heteroatoms. The van der Waals surface area contributed by atoms with Crippen LogP contribution in [0.1, 0.15) is 30.5 Å². The minimum Gasteiger partial charge on any atom is -0.507 e. The lowest BCUT2D eigenvalue weighted by atomic mass is 9.58. The molecule has 0 radical (unpaired) electrons. The van der Waals surface area contributed by atoms with Crippen molar-refractivity contribution in [3.05, 3.63) is 93.7 Å². The molecule has 2 saturated heterocycles. The number of aromatic nitrogens is 1. The van der Waals surface area contributed by atoms with Gasteiger partial charge in [-0.25, -0.2) is 0 Å². The summed E-state index contributed by atoms with van der Waals surface area (Å²) in [7, 11) is -2.96. The molecule has 0 spiro atoms. The highest BCUT2D eigenvalue weighted by Crippen LogP contribution is 2.51. The number of halogens is 1. The first-order valence-electron chi connectivity index (χ1n) is 14.8. The molecule has 4 atom stereocenters. The number of carbonyl (C=O) groups excluding carboxylic acids is 2. The van der Waals surface area contributed by atoms with Gasteiger partial charge in [0.2, 0.25) is 11.8 Å². The fraction of sp³-hybridized carbons (Fsp3) is 0.281. The number of carbonyl (C=O) groups is 2. The van der Waals surface area contributed by atoms with Gasteiger partial charge >= 0.3 is 14.2 Å². The number of hydrogen-bond donors (Lipinski definition) is 5. The number of rotatable bonds is 8. The van der Waals surface area contributed by atoms with Crippen LogP contribution >= 0.6 is 15.9 Å². The number of aromatic hydroxyl groups is 1. The van der Waals surface area contributed by atoms with Crippen LogP contribution in [0.5, 0.6) is 5.75 Å². The number of amides is 2. The average molecular weight is 673 g/mol. The molecule has 0 bridgehead atoms. The van der Waals surface area contributed by atoms with Crippen molar-refractivity contribution in [1.82, 2.24) is 4.98 Å². The van der Waals surface area contributed by atoms with Crippen molar-refractivity contribution >= 4 is 64.8 Å². The third-order valence-corrected chi connectivity index (χ3v) is 9.41. The fourth-order valence-corrected chi connectivity index (χ4v) is 7.31. The number of allylic oxidation sites excluding steroid dienone is 1. The van der Waals surface area contributed by atoms with Crippen LogP contribution in [0.25, 0.3) is 11.6 Å². The fourth-order valence-electron chi connectivity index (χ4n) is 6.93. The van der Waals surface area contributed by atoms with Crippen molar-refractivity contribution in [2.45, 2.75) is 31.7 Å². The number of aliphatic hydroxyl groups is 1. The number of phenols is 1. The normalized spacial score (nSPS) is 23.4. The number of aliphatic hydroxyl groups excluding tert-OH is 1. The van der Waals surface area contributed by atoms with E-state index in [1.807, 2.05) is 24.3 Å². The molecule has 2 aromatic carbocycles. The number of nitrogens with zero attached hydrogens (tertiary/aromatic N) is 2. The van der Waals surface area contributed by atoms with Gasteiger partial charge in [-0.15, -0.1) is 0 Å². The number of fused-ring (bicyclic) bond motifs is 3. The van der Waals surface area contributed by atoms with Crippen LogP contribution in [0.15, 0.2) is 82.5 Å². The van der Waals surface area contributed by atoms with Crippen molar-refractivity contribution in [3.8, 4) is 5.75 Å². The summed E-state index contributed by atoms with van der Waals surface area (Å²) < 4.78 is 6.85. The summed E-state index contributed by atoms with van der Waals surface area (Å²) in [6, 6.07) is 16.7. The zero-order valence-electron chi connectivity index (χ0n) is 24.2. The second-order valence-corrected chi connectivity index (χ2v) is 12.5. The lowest BCUT2D eigenvalue weighted by molar-refractivity contribution is -0.122. The van der Waals surface area contributed by atoms with Crippen LogP contribution < -0.4 is 10.4 Å². The highest BCUT2D eigenvalue weighted by Gasteiger charge is 2.57. The zero-order chi connectivity index (χ0) is 31.8. The lowest BCUT2D eigenvalue weighted by Gasteiger charge is -2.42. The van der Waals surface area contributed by atoms with Crippen LogP contribution in [-0.2, 0) is 14.2 Å². The van der Waals surface area contributed by atoms with E-state index in [9.17, 15) is 34.9 Å². The highest BCUT2D eigenvalue weighted by atomic mass is 79.9. The number of anilines is 1. The Hall–Kier alpha value is -3.58. The summed E-state index contributed by atoms with van der Waals surface area (Å²) >= 11 is 3.45. The van der Waals surface area contributed by atoms with Crippen molar-refractivity contribution in [2.75, 3.05) is 11.5 Å². The summed E-state index contributed by atoms with van der Waals surface area (Å²) in [6.45, 7) is -0.326. The minimum absolute atomic E-state index is 0.0909. The van der Waals surface area contributed by atoms with E-state index in [0.29, 0.717) is 29.7 Å². The quantitative estimate of drug-likeness (QED) is 0.138. The van der Waals surface area contributed by atoms with Gasteiger partial charge in [-0.3, -0.25) is 19.5 Å². The third kappa shape index (κ3) is 6.16. The second-order valence-electron chi connectivity index (χ2n) is 11.6. The van der Waals surface area contributed by atoms with E-state index < -0.39 is 49.9 Å². The van der Waals surface area contributed by atoms with Crippen molar-refractivity contribution in [1.29, 1.82) is 0 Å². The summed E-state index contributed by atoms with van der Waals surface area (Å²) in [4.78, 5) is 33.2. The van der Waals surface area contributed by atoms with Crippen molar-refractivity contribution in [2.24, 2.45) is 17.8 Å². The van der Waals surface area contributed by atoms with E-state index in [2.05, 4.69) is 20.9 Å². The van der Waals surface area contributed by atoms with E-state index in [1.165, 1.54) is 12.1 Å². The number of pyridine rings is 1. The maximum absolute atomic E-state index is 13.9. The lowest BCUT2D eigenvalue weighted by Crippen LogP contribution is -2.46. The molecule has 0 saturated carbocycles. The van der Waals surface area contributed by atoms with Crippen LogP contribution in [0.4, 0.5) is 5.69 Å². The summed E-state index contributed by atoms with van der Waals surface area (Å²) in [6.07, 6.45) is 3.96. The Morgan fingerprint density at radius 1 is 1.09 bits per heavy atom. The van der Waals surface area contributed by atoms with Crippen LogP contribution in [-0.4, -0.2) is 69.0 Å². The second kappa shape index (κ2) is 13.0. The summed E-state index contributed by atoms with van der Waals surface area (Å²) in [5, 5.41) is 51.2. The van der Waals surface area contributed by atoms with Gasteiger partial charge in [-0.1, -0.05) is 34.1 Å². The SMILES string of the molecule is O=C1[C@@H]2[C@@H](CC(CO)=C3[C@@H](CC/C(=C/c4cc(Br)ccc4O)c4ccccn4)OB(O)C[C@@H]32)C(=O)N1c1cccc(B(O)O)c1. The molecule has 3 aliphatic rings. The number of hydrogen-bond acceptors (Lipinski definition) is 9. The van der Waals surface area contributed by atoms with E-state index in [-0.39, 0.29) is 36.2 Å². The predicted molar refractivity (Wildman–Crippen MR) is 173 cm³/mol. The standard InChI is InChI=1S/C32H31B2BrN2O8/c35-22-8-9-27(39)19(13-22)12-18(26-6-1-2-11-36-26)7-10-28-29-20(17-38)14-24-30(25(29)16-33(42)45-28)32(41)37(31(24)40)23-5-3-4-21(15-23)34(43)44/h1-6,8-9,11-13,15,24-25,28,30,38-39,42-44H,7,10,14,16-17H2/b18-12-/t24-,25+,28-,30-/m1/s1. The Morgan fingerprint density at radius 2 is 1.91 bits per heavy atom. The Kier molecular flexibility index (Phi) is 9.10. The van der Waals surface area contributed by atoms with Crippen LogP contribution in [0.2, 0.25) is 6.32 Å². The first-order valence-corrected chi connectivity index (χ1v) is 15.6. The monoisotopic (exact) mass is 672 g/mol. The first-order chi connectivity index (χ1) is 21.7. The highest BCUT2D eigenvalue weighted by molar-refractivity contribution is 9.10. The van der Waals surface area contributed by atoms with Gasteiger partial charge in [-0.05, 0) is 102 Å². The Balaban J connectivity index is 1.32. The van der Waals surface area contributed by atoms with E-state index in [4.69, 9.17) is 4.65 Å². The molecular weight excluding hydrogens is 642 g/mol. The van der Waals surface area contributed by atoms with Gasteiger partial charge in [-0.2, -0.15) is 0 Å². The Morgan fingerprint density at radius 3 is 2.64 bits per heavy atom. The first kappa shape index (κ1) is 31.4. The topological polar surface area (TPSA) is 161 Å². The number of phenolic OH excluding ortho intramolecular Hbond substituents is 1. The molecule has 2 amide bonds. The van der Waals surface area contributed by atoms with E-state index in [0.717, 1.165) is 20.5 Å². The molecule has 2 fully saturated rings. The van der Waals surface area contributed by atoms with Crippen molar-refractivity contribution < 1.29 is 39.5 Å². The number of benzene rings is 2. The van der Waals surface area contributed by atoms with Gasteiger partial charge in [0, 0.05) is 16.2 Å². The predicted octanol–water partition coefficient (Wildman–Crippen LogP) is 2.54. The zero-order valence-corrected chi connectivity index (χ0v) is 25.7. The molecule has 6 rings (SSSR count). The minimum atomic E-state index is -1.77. The molecule has 45 heavy (non-hydrogen) atoms. The molecule has 2 aliphatic heterocycles. The molecule has 3 aromatic rings. The maximum atomic E-state index is 13.9. The largest absolute Gasteiger partial charge is 0.507 e. The third-order valence-electron chi connectivity index (χ3n) is 8.91. The molecule has 5 N–H and O–H groups in total.